The van der Waals surface area contributed by atoms with Crippen LogP contribution in [0.5, 0.6) is 0 Å². The van der Waals surface area contributed by atoms with Crippen LogP contribution in [0.1, 0.15) is 36.0 Å². The first kappa shape index (κ1) is 9.77. The number of nitrogens with zero attached hydrogens (tertiary/aromatic N) is 1. The van der Waals surface area contributed by atoms with Crippen molar-refractivity contribution in [2.75, 3.05) is 6.61 Å². The molecular formula is C9H13NO3. The molecular weight excluding hydrogens is 170 g/mol. The normalized spacial score (nSPS) is 10.0. The fourth-order valence-corrected chi connectivity index (χ4v) is 0.840. The van der Waals surface area contributed by atoms with Crippen LogP contribution in [0.2, 0.25) is 0 Å². The van der Waals surface area contributed by atoms with E-state index in [1.54, 1.807) is 13.0 Å². The van der Waals surface area contributed by atoms with Gasteiger partial charge in [0.1, 0.15) is 0 Å². The molecule has 0 fully saturated rings. The average molecular weight is 183 g/mol. The third-order valence-electron chi connectivity index (χ3n) is 1.56. The van der Waals surface area contributed by atoms with Crippen molar-refractivity contribution in [3.05, 3.63) is 17.5 Å². The number of hydrogen-bond acceptors (Lipinski definition) is 4. The molecule has 0 saturated carbocycles. The Morgan fingerprint density at radius 3 is 3.00 bits per heavy atom. The third kappa shape index (κ3) is 2.89. The van der Waals surface area contributed by atoms with E-state index in [9.17, 15) is 4.79 Å². The summed E-state index contributed by atoms with van der Waals surface area (Å²) in [5, 5.41) is 3.59. The summed E-state index contributed by atoms with van der Waals surface area (Å²) in [6.45, 7) is 4.23. The molecule has 0 atom stereocenters. The van der Waals surface area contributed by atoms with Crippen LogP contribution in [0, 0.1) is 6.92 Å². The average Bonchev–Trinajstić information content (AvgIpc) is 2.52. The van der Waals surface area contributed by atoms with Crippen molar-refractivity contribution >= 4 is 5.97 Å². The van der Waals surface area contributed by atoms with E-state index >= 15 is 0 Å². The monoisotopic (exact) mass is 183 g/mol. The summed E-state index contributed by atoms with van der Waals surface area (Å²) >= 11 is 0. The fraction of sp³-hybridized carbons (Fsp3) is 0.556. The van der Waals surface area contributed by atoms with Gasteiger partial charge in [-0.3, -0.25) is 0 Å². The fourth-order valence-electron chi connectivity index (χ4n) is 0.840. The lowest BCUT2D eigenvalue weighted by Gasteiger charge is -1.98. The first-order valence-electron chi connectivity index (χ1n) is 4.34. The Labute approximate surface area is 76.9 Å². The van der Waals surface area contributed by atoms with Crippen molar-refractivity contribution in [1.82, 2.24) is 5.16 Å². The topological polar surface area (TPSA) is 52.3 Å². The Kier molecular flexibility index (Phi) is 3.49. The molecule has 72 valence electrons. The van der Waals surface area contributed by atoms with Crippen molar-refractivity contribution in [1.29, 1.82) is 0 Å². The maximum absolute atomic E-state index is 11.2. The number of aryl methyl sites for hydroxylation is 1. The van der Waals surface area contributed by atoms with Gasteiger partial charge in [-0.1, -0.05) is 18.5 Å². The maximum atomic E-state index is 11.2. The highest BCUT2D eigenvalue weighted by atomic mass is 16.6. The van der Waals surface area contributed by atoms with E-state index in [0.29, 0.717) is 12.3 Å². The smallest absolute Gasteiger partial charge is 0.377 e. The SMILES string of the molecule is CCCCOC(=O)c1cc(C)no1. The lowest BCUT2D eigenvalue weighted by Crippen LogP contribution is -2.04. The van der Waals surface area contributed by atoms with Crippen LogP contribution in [0.25, 0.3) is 0 Å². The predicted octanol–water partition coefficient (Wildman–Crippen LogP) is 1.94. The Balaban J connectivity index is 2.40. The van der Waals surface area contributed by atoms with Gasteiger partial charge in [-0.25, -0.2) is 4.79 Å². The molecule has 0 amide bonds. The van der Waals surface area contributed by atoms with E-state index in [0.717, 1.165) is 12.8 Å². The van der Waals surface area contributed by atoms with E-state index in [1.807, 2.05) is 6.92 Å². The van der Waals surface area contributed by atoms with Crippen molar-refractivity contribution in [3.8, 4) is 0 Å². The molecule has 1 heterocycles. The zero-order chi connectivity index (χ0) is 9.68. The number of unbranched alkanes of at least 4 members (excludes halogenated alkanes) is 1. The molecule has 0 aliphatic heterocycles. The van der Waals surface area contributed by atoms with Crippen molar-refractivity contribution in [2.45, 2.75) is 26.7 Å². The van der Waals surface area contributed by atoms with Crippen LogP contribution in [0.4, 0.5) is 0 Å². The minimum atomic E-state index is -0.436. The molecule has 0 bridgehead atoms. The number of rotatable bonds is 4. The van der Waals surface area contributed by atoms with Crippen LogP contribution in [0.3, 0.4) is 0 Å². The van der Waals surface area contributed by atoms with Gasteiger partial charge in [-0.05, 0) is 13.3 Å². The number of carbonyl (C=O) groups is 1. The van der Waals surface area contributed by atoms with Gasteiger partial charge in [0.25, 0.3) is 0 Å². The minimum Gasteiger partial charge on any atom is -0.460 e. The van der Waals surface area contributed by atoms with E-state index in [1.165, 1.54) is 0 Å². The lowest BCUT2D eigenvalue weighted by atomic mass is 10.3. The number of aromatic nitrogens is 1. The molecule has 0 N–H and O–H groups in total. The van der Waals surface area contributed by atoms with Crippen molar-refractivity contribution in [2.24, 2.45) is 0 Å². The molecule has 1 aromatic rings. The quantitative estimate of drug-likeness (QED) is 0.528. The Bertz CT molecular complexity index is 280. The highest BCUT2D eigenvalue weighted by Gasteiger charge is 2.11. The molecule has 0 unspecified atom stereocenters. The van der Waals surface area contributed by atoms with E-state index in [4.69, 9.17) is 9.26 Å². The Morgan fingerprint density at radius 1 is 1.69 bits per heavy atom. The first-order chi connectivity index (χ1) is 6.24. The molecule has 1 rings (SSSR count). The second kappa shape index (κ2) is 4.64. The zero-order valence-electron chi connectivity index (χ0n) is 7.87. The van der Waals surface area contributed by atoms with Crippen LogP contribution in [0.15, 0.2) is 10.6 Å². The van der Waals surface area contributed by atoms with Crippen molar-refractivity contribution < 1.29 is 14.1 Å². The van der Waals surface area contributed by atoms with Gasteiger partial charge in [0, 0.05) is 6.07 Å². The first-order valence-corrected chi connectivity index (χ1v) is 4.34. The van der Waals surface area contributed by atoms with Gasteiger partial charge in [0.2, 0.25) is 5.76 Å². The number of esters is 1. The van der Waals surface area contributed by atoms with Gasteiger partial charge in [-0.15, -0.1) is 0 Å². The molecule has 13 heavy (non-hydrogen) atoms. The standard InChI is InChI=1S/C9H13NO3/c1-3-4-5-12-9(11)8-6-7(2)10-13-8/h6H,3-5H2,1-2H3. The highest BCUT2D eigenvalue weighted by Crippen LogP contribution is 2.04. The van der Waals surface area contributed by atoms with Crippen molar-refractivity contribution in [3.63, 3.8) is 0 Å². The summed E-state index contributed by atoms with van der Waals surface area (Å²) in [5.41, 5.74) is 0.683. The van der Waals surface area contributed by atoms with Gasteiger partial charge in [0.05, 0.1) is 12.3 Å². The summed E-state index contributed by atoms with van der Waals surface area (Å²) in [4.78, 5) is 11.2. The predicted molar refractivity (Wildman–Crippen MR) is 46.4 cm³/mol. The molecule has 1 aromatic heterocycles. The molecule has 0 radical (unpaired) electrons. The van der Waals surface area contributed by atoms with E-state index < -0.39 is 5.97 Å². The van der Waals surface area contributed by atoms with E-state index in [2.05, 4.69) is 5.16 Å². The summed E-state index contributed by atoms with van der Waals surface area (Å²) < 4.78 is 9.64. The van der Waals surface area contributed by atoms with Crippen LogP contribution >= 0.6 is 0 Å². The second-order valence-electron chi connectivity index (χ2n) is 2.82. The number of carbonyl (C=O) groups excluding carboxylic acids is 1. The van der Waals surface area contributed by atoms with Crippen LogP contribution in [-0.2, 0) is 4.74 Å². The Hall–Kier alpha value is -1.32. The zero-order valence-corrected chi connectivity index (χ0v) is 7.87. The largest absolute Gasteiger partial charge is 0.460 e. The third-order valence-corrected chi connectivity index (χ3v) is 1.56. The van der Waals surface area contributed by atoms with E-state index in [-0.39, 0.29) is 5.76 Å². The van der Waals surface area contributed by atoms with Gasteiger partial charge in [-0.2, -0.15) is 0 Å². The summed E-state index contributed by atoms with van der Waals surface area (Å²) in [7, 11) is 0. The van der Waals surface area contributed by atoms with Crippen LogP contribution < -0.4 is 0 Å². The Morgan fingerprint density at radius 2 is 2.46 bits per heavy atom. The number of hydrogen-bond donors (Lipinski definition) is 0. The highest BCUT2D eigenvalue weighted by molar-refractivity contribution is 5.86. The molecule has 4 heteroatoms. The molecule has 0 aliphatic carbocycles. The lowest BCUT2D eigenvalue weighted by molar-refractivity contribution is 0.0453. The summed E-state index contributed by atoms with van der Waals surface area (Å²) in [6.07, 6.45) is 1.88. The summed E-state index contributed by atoms with van der Waals surface area (Å²) in [5.74, 6) is -0.261. The van der Waals surface area contributed by atoms with Gasteiger partial charge >= 0.3 is 5.97 Å². The number of ether oxygens (including phenoxy) is 1. The van der Waals surface area contributed by atoms with Crippen LogP contribution in [-0.4, -0.2) is 17.7 Å². The molecule has 0 aliphatic rings. The molecule has 0 saturated heterocycles. The van der Waals surface area contributed by atoms with Gasteiger partial charge in [0.15, 0.2) is 0 Å². The molecule has 0 aromatic carbocycles. The maximum Gasteiger partial charge on any atom is 0.377 e. The summed E-state index contributed by atoms with van der Waals surface area (Å²) in [6, 6.07) is 1.56. The molecule has 4 nitrogen and oxygen atoms in total. The minimum absolute atomic E-state index is 0.175. The van der Waals surface area contributed by atoms with Gasteiger partial charge < -0.3 is 9.26 Å². The second-order valence-corrected chi connectivity index (χ2v) is 2.82. The molecule has 0 spiro atoms.